The van der Waals surface area contributed by atoms with E-state index in [1.807, 2.05) is 31.2 Å². The number of halogens is 1. The lowest BCUT2D eigenvalue weighted by Gasteiger charge is -2.20. The summed E-state index contributed by atoms with van der Waals surface area (Å²) in [6.07, 6.45) is 0.657. The van der Waals surface area contributed by atoms with Crippen molar-refractivity contribution in [2.45, 2.75) is 25.4 Å². The third kappa shape index (κ3) is 3.82. The summed E-state index contributed by atoms with van der Waals surface area (Å²) in [7, 11) is 1.66. The third-order valence-electron chi connectivity index (χ3n) is 3.26. The van der Waals surface area contributed by atoms with E-state index >= 15 is 0 Å². The molecule has 0 aliphatic rings. The quantitative estimate of drug-likeness (QED) is 0.811. The van der Waals surface area contributed by atoms with Crippen LogP contribution in [0.15, 0.2) is 33.2 Å². The second-order valence-corrected chi connectivity index (χ2v) is 5.80. The van der Waals surface area contributed by atoms with E-state index in [9.17, 15) is 0 Å². The maximum Gasteiger partial charge on any atom is 0.134 e. The van der Waals surface area contributed by atoms with Crippen molar-refractivity contribution in [2.75, 3.05) is 20.3 Å². The van der Waals surface area contributed by atoms with Crippen molar-refractivity contribution in [2.24, 2.45) is 0 Å². The predicted molar refractivity (Wildman–Crippen MR) is 82.8 cm³/mol. The first-order chi connectivity index (χ1) is 9.63. The van der Waals surface area contributed by atoms with Gasteiger partial charge in [-0.1, -0.05) is 15.9 Å². The van der Waals surface area contributed by atoms with Gasteiger partial charge in [0.15, 0.2) is 0 Å². The molecule has 0 saturated carbocycles. The van der Waals surface area contributed by atoms with Gasteiger partial charge in [0.2, 0.25) is 0 Å². The first-order valence-electron chi connectivity index (χ1n) is 6.69. The van der Waals surface area contributed by atoms with Crippen LogP contribution in [0.25, 0.3) is 11.0 Å². The van der Waals surface area contributed by atoms with Crippen LogP contribution in [0.4, 0.5) is 0 Å². The van der Waals surface area contributed by atoms with Crippen molar-refractivity contribution < 1.29 is 14.3 Å². The normalized spacial score (nSPS) is 14.6. The van der Waals surface area contributed by atoms with Crippen LogP contribution in [0.5, 0.6) is 0 Å². The van der Waals surface area contributed by atoms with Crippen LogP contribution < -0.4 is 5.32 Å². The molecular weight excluding hydrogens is 322 g/mol. The standard InChI is InChI=1S/C15H20BrNO3/c1-10(17-13(5-6-18)9-19-2)15-8-11-7-12(16)3-4-14(11)20-15/h3-4,7-8,10,13,17-18H,5-6,9H2,1-2H3. The number of methoxy groups -OCH3 is 1. The van der Waals surface area contributed by atoms with Crippen LogP contribution >= 0.6 is 15.9 Å². The van der Waals surface area contributed by atoms with Crippen molar-refractivity contribution >= 4 is 26.9 Å². The van der Waals surface area contributed by atoms with Gasteiger partial charge in [0, 0.05) is 29.6 Å². The number of benzene rings is 1. The summed E-state index contributed by atoms with van der Waals surface area (Å²) >= 11 is 3.46. The smallest absolute Gasteiger partial charge is 0.134 e. The SMILES string of the molecule is COCC(CCO)NC(C)c1cc2cc(Br)ccc2o1. The molecule has 0 saturated heterocycles. The van der Waals surface area contributed by atoms with Crippen molar-refractivity contribution in [1.82, 2.24) is 5.32 Å². The molecule has 0 aliphatic carbocycles. The monoisotopic (exact) mass is 341 g/mol. The molecule has 1 aromatic heterocycles. The lowest BCUT2D eigenvalue weighted by molar-refractivity contribution is 0.142. The summed E-state index contributed by atoms with van der Waals surface area (Å²) in [5.74, 6) is 0.886. The molecule has 2 N–H and O–H groups in total. The number of ether oxygens (including phenoxy) is 1. The molecule has 2 aromatic rings. The zero-order valence-corrected chi connectivity index (χ0v) is 13.3. The zero-order chi connectivity index (χ0) is 14.5. The maximum absolute atomic E-state index is 9.07. The summed E-state index contributed by atoms with van der Waals surface area (Å²) in [5.41, 5.74) is 0.877. The molecule has 0 amide bonds. The first kappa shape index (κ1) is 15.5. The Hall–Kier alpha value is -0.880. The van der Waals surface area contributed by atoms with Crippen molar-refractivity contribution in [3.63, 3.8) is 0 Å². The Kier molecular flexibility index (Phi) is 5.60. The van der Waals surface area contributed by atoms with E-state index in [1.54, 1.807) is 7.11 Å². The van der Waals surface area contributed by atoms with E-state index in [0.29, 0.717) is 13.0 Å². The Morgan fingerprint density at radius 2 is 2.20 bits per heavy atom. The fraction of sp³-hybridized carbons (Fsp3) is 0.467. The van der Waals surface area contributed by atoms with Gasteiger partial charge in [-0.15, -0.1) is 0 Å². The fourth-order valence-electron chi connectivity index (χ4n) is 2.26. The second kappa shape index (κ2) is 7.22. The van der Waals surface area contributed by atoms with Crippen LogP contribution in [0.1, 0.15) is 25.1 Å². The molecule has 2 atom stereocenters. The molecule has 0 aliphatic heterocycles. The molecule has 20 heavy (non-hydrogen) atoms. The number of aliphatic hydroxyl groups is 1. The summed E-state index contributed by atoms with van der Waals surface area (Å²) in [4.78, 5) is 0. The summed E-state index contributed by atoms with van der Waals surface area (Å²) in [6, 6.07) is 8.17. The Bertz CT molecular complexity index is 549. The lowest BCUT2D eigenvalue weighted by Crippen LogP contribution is -2.35. The number of furan rings is 1. The van der Waals surface area contributed by atoms with Crippen LogP contribution in [-0.4, -0.2) is 31.5 Å². The molecule has 0 radical (unpaired) electrons. The highest BCUT2D eigenvalue weighted by Gasteiger charge is 2.16. The molecule has 2 unspecified atom stereocenters. The molecule has 5 heteroatoms. The molecule has 1 aromatic carbocycles. The summed E-state index contributed by atoms with van der Waals surface area (Å²) < 4.78 is 12.1. The van der Waals surface area contributed by atoms with Gasteiger partial charge >= 0.3 is 0 Å². The van der Waals surface area contributed by atoms with Gasteiger partial charge in [0.25, 0.3) is 0 Å². The van der Waals surface area contributed by atoms with Crippen LogP contribution in [-0.2, 0) is 4.74 Å². The first-order valence-corrected chi connectivity index (χ1v) is 7.48. The highest BCUT2D eigenvalue weighted by atomic mass is 79.9. The van der Waals surface area contributed by atoms with Crippen molar-refractivity contribution in [3.8, 4) is 0 Å². The minimum atomic E-state index is 0.0628. The van der Waals surface area contributed by atoms with E-state index in [2.05, 4.69) is 21.2 Å². The minimum absolute atomic E-state index is 0.0628. The number of nitrogens with one attached hydrogen (secondary N) is 1. The Morgan fingerprint density at radius 3 is 2.90 bits per heavy atom. The number of hydrogen-bond acceptors (Lipinski definition) is 4. The van der Waals surface area contributed by atoms with Crippen LogP contribution in [0.2, 0.25) is 0 Å². The second-order valence-electron chi connectivity index (χ2n) is 4.88. The highest BCUT2D eigenvalue weighted by molar-refractivity contribution is 9.10. The van der Waals surface area contributed by atoms with E-state index in [0.717, 1.165) is 21.2 Å². The molecule has 0 spiro atoms. The van der Waals surface area contributed by atoms with Crippen LogP contribution in [0, 0.1) is 0 Å². The molecule has 2 rings (SSSR count). The van der Waals surface area contributed by atoms with E-state index < -0.39 is 0 Å². The molecular formula is C15H20BrNO3. The summed E-state index contributed by atoms with van der Waals surface area (Å²) in [5, 5.41) is 13.6. The van der Waals surface area contributed by atoms with Crippen LogP contribution in [0.3, 0.4) is 0 Å². The molecule has 1 heterocycles. The fourth-order valence-corrected chi connectivity index (χ4v) is 2.63. The van der Waals surface area contributed by atoms with Gasteiger partial charge in [-0.2, -0.15) is 0 Å². The number of rotatable bonds is 7. The van der Waals surface area contributed by atoms with E-state index in [4.69, 9.17) is 14.3 Å². The topological polar surface area (TPSA) is 54.6 Å². The van der Waals surface area contributed by atoms with Gasteiger partial charge in [0.05, 0.1) is 12.6 Å². The predicted octanol–water partition coefficient (Wildman–Crippen LogP) is 3.24. The molecule has 4 nitrogen and oxygen atoms in total. The summed E-state index contributed by atoms with van der Waals surface area (Å²) in [6.45, 7) is 2.75. The van der Waals surface area contributed by atoms with E-state index in [1.165, 1.54) is 0 Å². The minimum Gasteiger partial charge on any atom is -0.459 e. The molecule has 0 bridgehead atoms. The Balaban J connectivity index is 2.11. The average Bonchev–Trinajstić information content (AvgIpc) is 2.82. The molecule has 110 valence electrons. The van der Waals surface area contributed by atoms with E-state index in [-0.39, 0.29) is 18.7 Å². The van der Waals surface area contributed by atoms with Gasteiger partial charge < -0.3 is 19.6 Å². The van der Waals surface area contributed by atoms with Crippen molar-refractivity contribution in [1.29, 1.82) is 0 Å². The molecule has 0 fully saturated rings. The number of hydrogen-bond donors (Lipinski definition) is 2. The Morgan fingerprint density at radius 1 is 1.40 bits per heavy atom. The number of fused-ring (bicyclic) bond motifs is 1. The number of aliphatic hydroxyl groups excluding tert-OH is 1. The van der Waals surface area contributed by atoms with Gasteiger partial charge in [-0.05, 0) is 37.6 Å². The largest absolute Gasteiger partial charge is 0.459 e. The maximum atomic E-state index is 9.07. The zero-order valence-electron chi connectivity index (χ0n) is 11.7. The Labute approximate surface area is 127 Å². The highest BCUT2D eigenvalue weighted by Crippen LogP contribution is 2.26. The van der Waals surface area contributed by atoms with Gasteiger partial charge in [-0.3, -0.25) is 0 Å². The van der Waals surface area contributed by atoms with Crippen molar-refractivity contribution in [3.05, 3.63) is 34.5 Å². The third-order valence-corrected chi connectivity index (χ3v) is 3.75. The van der Waals surface area contributed by atoms with Gasteiger partial charge in [-0.25, -0.2) is 0 Å². The van der Waals surface area contributed by atoms with Gasteiger partial charge in [0.1, 0.15) is 11.3 Å². The lowest BCUT2D eigenvalue weighted by atomic mass is 10.1. The average molecular weight is 342 g/mol.